The number of hydrogen-bond donors (Lipinski definition) is 0. The molecule has 2 aromatic carbocycles. The monoisotopic (exact) mass is 414 g/mol. The summed E-state index contributed by atoms with van der Waals surface area (Å²) >= 11 is 0. The second-order valence-electron chi connectivity index (χ2n) is 6.11. The Bertz CT molecular complexity index is 918. The SMILES string of the molecule is COC(=O)/C(C)=C/C(=C/c1ccc(C(F)(F)F)cc1)c1ccc(C(F)(F)F)cc1. The number of carbonyl (C=O) groups excluding carboxylic acids is 1. The summed E-state index contributed by atoms with van der Waals surface area (Å²) in [4.78, 5) is 11.7. The summed E-state index contributed by atoms with van der Waals surface area (Å²) in [6, 6.07) is 8.47. The topological polar surface area (TPSA) is 26.3 Å². The number of ether oxygens (including phenoxy) is 1. The lowest BCUT2D eigenvalue weighted by Crippen LogP contribution is -2.05. The molecule has 0 saturated carbocycles. The van der Waals surface area contributed by atoms with Crippen molar-refractivity contribution in [1.29, 1.82) is 0 Å². The second kappa shape index (κ2) is 8.55. The lowest BCUT2D eigenvalue weighted by Gasteiger charge is -2.10. The Morgan fingerprint density at radius 2 is 1.28 bits per heavy atom. The van der Waals surface area contributed by atoms with Crippen LogP contribution in [0.25, 0.3) is 11.6 Å². The van der Waals surface area contributed by atoms with E-state index in [4.69, 9.17) is 0 Å². The number of benzene rings is 2. The van der Waals surface area contributed by atoms with Crippen molar-refractivity contribution in [3.05, 3.63) is 82.4 Å². The summed E-state index contributed by atoms with van der Waals surface area (Å²) in [6.07, 6.45) is -6.13. The number of carbonyl (C=O) groups is 1. The highest BCUT2D eigenvalue weighted by atomic mass is 19.4. The Morgan fingerprint density at radius 1 is 0.828 bits per heavy atom. The van der Waals surface area contributed by atoms with Gasteiger partial charge in [-0.25, -0.2) is 4.79 Å². The number of methoxy groups -OCH3 is 1. The van der Waals surface area contributed by atoms with Gasteiger partial charge in [-0.1, -0.05) is 24.3 Å². The Labute approximate surface area is 163 Å². The number of halogens is 6. The molecule has 0 aromatic heterocycles. The zero-order valence-corrected chi connectivity index (χ0v) is 15.4. The molecule has 154 valence electrons. The van der Waals surface area contributed by atoms with Crippen LogP contribution in [0, 0.1) is 0 Å². The molecule has 0 saturated heterocycles. The van der Waals surface area contributed by atoms with Crippen molar-refractivity contribution in [2.24, 2.45) is 0 Å². The maximum atomic E-state index is 12.8. The summed E-state index contributed by atoms with van der Waals surface area (Å²) in [6.45, 7) is 1.45. The summed E-state index contributed by atoms with van der Waals surface area (Å²) in [5.41, 5.74) is -0.439. The zero-order valence-electron chi connectivity index (χ0n) is 15.4. The van der Waals surface area contributed by atoms with E-state index in [9.17, 15) is 31.1 Å². The van der Waals surface area contributed by atoms with Crippen molar-refractivity contribution in [1.82, 2.24) is 0 Å². The summed E-state index contributed by atoms with van der Waals surface area (Å²) < 4.78 is 81.1. The van der Waals surface area contributed by atoms with E-state index in [1.165, 1.54) is 50.5 Å². The highest BCUT2D eigenvalue weighted by molar-refractivity contribution is 5.95. The quantitative estimate of drug-likeness (QED) is 0.191. The summed E-state index contributed by atoms with van der Waals surface area (Å²) in [5.74, 6) is -0.643. The maximum Gasteiger partial charge on any atom is 0.416 e. The maximum absolute atomic E-state index is 12.8. The number of rotatable bonds is 4. The van der Waals surface area contributed by atoms with Gasteiger partial charge < -0.3 is 4.74 Å². The third-order valence-corrected chi connectivity index (χ3v) is 3.99. The lowest BCUT2D eigenvalue weighted by molar-refractivity contribution is -0.138. The van der Waals surface area contributed by atoms with Gasteiger partial charge >= 0.3 is 18.3 Å². The van der Waals surface area contributed by atoms with Crippen molar-refractivity contribution in [3.8, 4) is 0 Å². The van der Waals surface area contributed by atoms with E-state index in [0.29, 0.717) is 16.7 Å². The van der Waals surface area contributed by atoms with Gasteiger partial charge in [0.25, 0.3) is 0 Å². The smallest absolute Gasteiger partial charge is 0.416 e. The van der Waals surface area contributed by atoms with Gasteiger partial charge in [0, 0.05) is 5.57 Å². The normalized spacial score (nSPS) is 13.4. The Hall–Kier alpha value is -3.03. The van der Waals surface area contributed by atoms with Crippen LogP contribution in [0.1, 0.15) is 29.2 Å². The highest BCUT2D eigenvalue weighted by Gasteiger charge is 2.30. The largest absolute Gasteiger partial charge is 0.466 e. The van der Waals surface area contributed by atoms with Crippen molar-refractivity contribution in [3.63, 3.8) is 0 Å². The number of alkyl halides is 6. The van der Waals surface area contributed by atoms with Crippen LogP contribution in [0.15, 0.2) is 60.2 Å². The molecule has 2 rings (SSSR count). The van der Waals surface area contributed by atoms with Gasteiger partial charge in [0.05, 0.1) is 18.2 Å². The minimum Gasteiger partial charge on any atom is -0.466 e. The highest BCUT2D eigenvalue weighted by Crippen LogP contribution is 2.32. The third-order valence-electron chi connectivity index (χ3n) is 3.99. The Morgan fingerprint density at radius 3 is 1.69 bits per heavy atom. The minimum atomic E-state index is -4.51. The average Bonchev–Trinajstić information content (AvgIpc) is 2.66. The van der Waals surface area contributed by atoms with E-state index >= 15 is 0 Å². The van der Waals surface area contributed by atoms with Gasteiger partial charge in [0.15, 0.2) is 0 Å². The first-order valence-corrected chi connectivity index (χ1v) is 8.25. The van der Waals surface area contributed by atoms with Crippen LogP contribution < -0.4 is 0 Å². The van der Waals surface area contributed by atoms with Gasteiger partial charge in [-0.15, -0.1) is 0 Å². The molecule has 29 heavy (non-hydrogen) atoms. The molecule has 0 heterocycles. The average molecular weight is 414 g/mol. The van der Waals surface area contributed by atoms with Gasteiger partial charge in [0.1, 0.15) is 0 Å². The van der Waals surface area contributed by atoms with Crippen LogP contribution in [-0.2, 0) is 21.9 Å². The molecule has 8 heteroatoms. The first kappa shape index (κ1) is 22.3. The van der Waals surface area contributed by atoms with Crippen LogP contribution in [0.2, 0.25) is 0 Å². The molecule has 0 aliphatic carbocycles. The van der Waals surface area contributed by atoms with Crippen molar-refractivity contribution < 1.29 is 35.9 Å². The van der Waals surface area contributed by atoms with E-state index in [2.05, 4.69) is 4.74 Å². The van der Waals surface area contributed by atoms with E-state index in [1.54, 1.807) is 0 Å². The van der Waals surface area contributed by atoms with E-state index in [0.717, 1.165) is 24.3 Å². The summed E-state index contributed by atoms with van der Waals surface area (Å²) in [7, 11) is 1.18. The molecule has 0 bridgehead atoms. The fraction of sp³-hybridized carbons (Fsp3) is 0.190. The van der Waals surface area contributed by atoms with E-state index < -0.39 is 29.4 Å². The van der Waals surface area contributed by atoms with Gasteiger partial charge in [-0.05, 0) is 60.0 Å². The van der Waals surface area contributed by atoms with Crippen LogP contribution in [-0.4, -0.2) is 13.1 Å². The van der Waals surface area contributed by atoms with Crippen LogP contribution in [0.3, 0.4) is 0 Å². The van der Waals surface area contributed by atoms with Crippen LogP contribution in [0.4, 0.5) is 26.3 Å². The molecule has 0 spiro atoms. The number of esters is 1. The molecule has 2 aromatic rings. The molecule has 2 nitrogen and oxygen atoms in total. The van der Waals surface area contributed by atoms with Crippen LogP contribution in [0.5, 0.6) is 0 Å². The van der Waals surface area contributed by atoms with Gasteiger partial charge in [0.2, 0.25) is 0 Å². The zero-order chi connectivity index (χ0) is 21.8. The molecule has 0 unspecified atom stereocenters. The van der Waals surface area contributed by atoms with E-state index in [1.807, 2.05) is 0 Å². The standard InChI is InChI=1S/C21H16F6O2/c1-13(19(28)29-2)11-16(15-5-9-18(10-6-15)21(25,26)27)12-14-3-7-17(8-4-14)20(22,23)24/h3-12H,1-2H3/b13-11+,16-12-. The molecule has 0 radical (unpaired) electrons. The molecular weight excluding hydrogens is 398 g/mol. The molecule has 0 amide bonds. The molecule has 0 N–H and O–H groups in total. The first-order chi connectivity index (χ1) is 13.4. The molecular formula is C21H16F6O2. The number of allylic oxidation sites excluding steroid dienone is 2. The van der Waals surface area contributed by atoms with Crippen molar-refractivity contribution in [2.75, 3.05) is 7.11 Å². The van der Waals surface area contributed by atoms with E-state index in [-0.39, 0.29) is 5.57 Å². The Kier molecular flexibility index (Phi) is 6.56. The number of hydrogen-bond acceptors (Lipinski definition) is 2. The third kappa shape index (κ3) is 5.97. The van der Waals surface area contributed by atoms with Gasteiger partial charge in [-0.2, -0.15) is 26.3 Å². The molecule has 0 atom stereocenters. The van der Waals surface area contributed by atoms with Crippen molar-refractivity contribution in [2.45, 2.75) is 19.3 Å². The van der Waals surface area contributed by atoms with Crippen LogP contribution >= 0.6 is 0 Å². The lowest BCUT2D eigenvalue weighted by atomic mass is 9.98. The fourth-order valence-electron chi connectivity index (χ4n) is 2.46. The predicted molar refractivity (Wildman–Crippen MR) is 96.5 cm³/mol. The van der Waals surface area contributed by atoms with Gasteiger partial charge in [-0.3, -0.25) is 0 Å². The first-order valence-electron chi connectivity index (χ1n) is 8.25. The minimum absolute atomic E-state index is 0.172. The van der Waals surface area contributed by atoms with Crippen molar-refractivity contribution >= 4 is 17.6 Å². The molecule has 0 aliphatic rings. The second-order valence-corrected chi connectivity index (χ2v) is 6.11. The summed E-state index contributed by atoms with van der Waals surface area (Å²) in [5, 5.41) is 0. The fourth-order valence-corrected chi connectivity index (χ4v) is 2.46. The Balaban J connectivity index is 2.50. The molecule has 0 aliphatic heterocycles. The predicted octanol–water partition coefficient (Wildman–Crippen LogP) is 6.38. The molecule has 0 fully saturated rings.